The molecule has 0 radical (unpaired) electrons. The highest BCUT2D eigenvalue weighted by Gasteiger charge is 2.17. The molecule has 148 valence electrons. The first kappa shape index (κ1) is 20.3. The molecule has 1 N–H and O–H groups in total. The zero-order valence-corrected chi connectivity index (χ0v) is 16.7. The maximum absolute atomic E-state index is 12.2. The lowest BCUT2D eigenvalue weighted by molar-refractivity contribution is -0.121. The minimum absolute atomic E-state index is 0.00970. The van der Waals surface area contributed by atoms with E-state index in [0.717, 1.165) is 31.1 Å². The van der Waals surface area contributed by atoms with Gasteiger partial charge in [0, 0.05) is 31.5 Å². The summed E-state index contributed by atoms with van der Waals surface area (Å²) in [7, 11) is 0. The van der Waals surface area contributed by atoms with Crippen molar-refractivity contribution >= 4 is 11.7 Å². The molecule has 2 aromatic rings. The number of ketones is 1. The molecule has 0 spiro atoms. The summed E-state index contributed by atoms with van der Waals surface area (Å²) in [6, 6.07) is 17.4. The highest BCUT2D eigenvalue weighted by Crippen LogP contribution is 2.19. The number of Topliss-reactive ketones (excluding diaryl/α,β-unsaturated/α-hetero) is 1. The van der Waals surface area contributed by atoms with Gasteiger partial charge in [0.1, 0.15) is 0 Å². The molecule has 28 heavy (non-hydrogen) atoms. The van der Waals surface area contributed by atoms with Gasteiger partial charge in [-0.15, -0.1) is 0 Å². The summed E-state index contributed by atoms with van der Waals surface area (Å²) in [6.45, 7) is 6.06. The van der Waals surface area contributed by atoms with Crippen molar-refractivity contribution in [2.24, 2.45) is 5.92 Å². The van der Waals surface area contributed by atoms with Crippen LogP contribution in [0.3, 0.4) is 0 Å². The molecule has 1 saturated heterocycles. The van der Waals surface area contributed by atoms with Gasteiger partial charge in [0.15, 0.2) is 5.78 Å². The fourth-order valence-corrected chi connectivity index (χ4v) is 3.62. The van der Waals surface area contributed by atoms with E-state index in [1.165, 1.54) is 18.4 Å². The van der Waals surface area contributed by atoms with E-state index in [4.69, 9.17) is 0 Å². The van der Waals surface area contributed by atoms with Crippen LogP contribution in [-0.4, -0.2) is 29.7 Å². The Kier molecular flexibility index (Phi) is 7.38. The van der Waals surface area contributed by atoms with E-state index < -0.39 is 0 Å². The van der Waals surface area contributed by atoms with Crippen LogP contribution in [0.15, 0.2) is 54.6 Å². The van der Waals surface area contributed by atoms with Crippen molar-refractivity contribution in [2.75, 3.05) is 13.1 Å². The lowest BCUT2D eigenvalue weighted by atomic mass is 9.98. The molecular weight excluding hydrogens is 348 g/mol. The Hall–Kier alpha value is -2.46. The lowest BCUT2D eigenvalue weighted by Crippen LogP contribution is -2.33. The molecule has 4 heteroatoms. The molecule has 2 aromatic carbocycles. The first-order valence-electron chi connectivity index (χ1n) is 10.3. The Morgan fingerprint density at radius 1 is 0.929 bits per heavy atom. The standard InChI is InChI=1S/C24H30N2O2/c1-19-13-15-26(16-14-19)18-22-10-6-5-9-21(22)17-25-24(28)12-11-23(27)20-7-3-2-4-8-20/h2-10,19H,11-18H2,1H3,(H,25,28). The number of hydrogen-bond acceptors (Lipinski definition) is 3. The van der Waals surface area contributed by atoms with Crippen LogP contribution in [0.1, 0.15) is 54.1 Å². The topological polar surface area (TPSA) is 49.4 Å². The lowest BCUT2D eigenvalue weighted by Gasteiger charge is -2.30. The van der Waals surface area contributed by atoms with Gasteiger partial charge in [-0.1, -0.05) is 61.5 Å². The molecule has 1 amide bonds. The number of rotatable bonds is 8. The van der Waals surface area contributed by atoms with Gasteiger partial charge < -0.3 is 5.32 Å². The van der Waals surface area contributed by atoms with Crippen LogP contribution in [0.25, 0.3) is 0 Å². The van der Waals surface area contributed by atoms with Crippen LogP contribution < -0.4 is 5.32 Å². The summed E-state index contributed by atoms with van der Waals surface area (Å²) in [4.78, 5) is 26.9. The van der Waals surface area contributed by atoms with Gasteiger partial charge in [-0.2, -0.15) is 0 Å². The van der Waals surface area contributed by atoms with Gasteiger partial charge in [-0.05, 0) is 43.0 Å². The van der Waals surface area contributed by atoms with Crippen molar-refractivity contribution in [3.63, 3.8) is 0 Å². The van der Waals surface area contributed by atoms with Crippen LogP contribution in [0.2, 0.25) is 0 Å². The zero-order chi connectivity index (χ0) is 19.8. The minimum atomic E-state index is -0.0779. The van der Waals surface area contributed by atoms with Crippen molar-refractivity contribution in [3.05, 3.63) is 71.3 Å². The minimum Gasteiger partial charge on any atom is -0.352 e. The van der Waals surface area contributed by atoms with E-state index in [-0.39, 0.29) is 24.5 Å². The monoisotopic (exact) mass is 378 g/mol. The van der Waals surface area contributed by atoms with Crippen molar-refractivity contribution in [3.8, 4) is 0 Å². The molecule has 1 aliphatic heterocycles. The normalized spacial score (nSPS) is 15.3. The summed E-state index contributed by atoms with van der Waals surface area (Å²) in [5, 5.41) is 2.98. The van der Waals surface area contributed by atoms with Crippen LogP contribution in [-0.2, 0) is 17.9 Å². The molecule has 0 unspecified atom stereocenters. The summed E-state index contributed by atoms with van der Waals surface area (Å²) >= 11 is 0. The van der Waals surface area contributed by atoms with Crippen molar-refractivity contribution in [1.29, 1.82) is 0 Å². The van der Waals surface area contributed by atoms with E-state index in [1.807, 2.05) is 24.3 Å². The number of likely N-dealkylation sites (tertiary alicyclic amines) is 1. The van der Waals surface area contributed by atoms with Crippen LogP contribution in [0.5, 0.6) is 0 Å². The van der Waals surface area contributed by atoms with Gasteiger partial charge in [-0.3, -0.25) is 14.5 Å². The average Bonchev–Trinajstić information content (AvgIpc) is 2.73. The Labute approximate surface area is 167 Å². The van der Waals surface area contributed by atoms with Gasteiger partial charge >= 0.3 is 0 Å². The SMILES string of the molecule is CC1CCN(Cc2ccccc2CNC(=O)CCC(=O)c2ccccc2)CC1. The van der Waals surface area contributed by atoms with Gasteiger partial charge in [0.25, 0.3) is 0 Å². The maximum atomic E-state index is 12.2. The second-order valence-electron chi connectivity index (χ2n) is 7.79. The van der Waals surface area contributed by atoms with E-state index in [2.05, 4.69) is 35.3 Å². The number of hydrogen-bond donors (Lipinski definition) is 1. The fraction of sp³-hybridized carbons (Fsp3) is 0.417. The van der Waals surface area contributed by atoms with E-state index in [1.54, 1.807) is 12.1 Å². The number of piperidine rings is 1. The molecule has 1 fully saturated rings. The van der Waals surface area contributed by atoms with Crippen LogP contribution in [0.4, 0.5) is 0 Å². The molecule has 4 nitrogen and oxygen atoms in total. The first-order valence-corrected chi connectivity index (χ1v) is 10.3. The number of nitrogens with one attached hydrogen (secondary N) is 1. The summed E-state index contributed by atoms with van der Waals surface area (Å²) in [5.74, 6) is 0.755. The Balaban J connectivity index is 1.47. The second kappa shape index (κ2) is 10.2. The first-order chi connectivity index (χ1) is 13.6. The van der Waals surface area contributed by atoms with E-state index in [0.29, 0.717) is 12.1 Å². The molecule has 3 rings (SSSR count). The Morgan fingerprint density at radius 2 is 1.57 bits per heavy atom. The van der Waals surface area contributed by atoms with E-state index in [9.17, 15) is 9.59 Å². The third kappa shape index (κ3) is 6.03. The largest absolute Gasteiger partial charge is 0.352 e. The number of amides is 1. The van der Waals surface area contributed by atoms with Crippen molar-refractivity contribution < 1.29 is 9.59 Å². The molecule has 1 aliphatic rings. The van der Waals surface area contributed by atoms with Gasteiger partial charge in [0.05, 0.1) is 0 Å². The number of carbonyl (C=O) groups is 2. The quantitative estimate of drug-likeness (QED) is 0.701. The Bertz CT molecular complexity index is 780. The van der Waals surface area contributed by atoms with Gasteiger partial charge in [-0.25, -0.2) is 0 Å². The second-order valence-corrected chi connectivity index (χ2v) is 7.79. The predicted molar refractivity (Wildman–Crippen MR) is 112 cm³/mol. The predicted octanol–water partition coefficient (Wildman–Crippen LogP) is 4.20. The van der Waals surface area contributed by atoms with Crippen LogP contribution >= 0.6 is 0 Å². The van der Waals surface area contributed by atoms with E-state index >= 15 is 0 Å². The van der Waals surface area contributed by atoms with Gasteiger partial charge in [0.2, 0.25) is 5.91 Å². The van der Waals surface area contributed by atoms with Crippen molar-refractivity contribution in [2.45, 2.75) is 45.7 Å². The molecule has 0 aromatic heterocycles. The van der Waals surface area contributed by atoms with Crippen molar-refractivity contribution in [1.82, 2.24) is 10.2 Å². The molecular formula is C24H30N2O2. The smallest absolute Gasteiger partial charge is 0.220 e. The molecule has 0 atom stereocenters. The average molecular weight is 379 g/mol. The zero-order valence-electron chi connectivity index (χ0n) is 16.7. The maximum Gasteiger partial charge on any atom is 0.220 e. The number of carbonyl (C=O) groups excluding carboxylic acids is 2. The summed E-state index contributed by atoms with van der Waals surface area (Å²) in [5.41, 5.74) is 3.10. The molecule has 0 aliphatic carbocycles. The molecule has 0 saturated carbocycles. The van der Waals surface area contributed by atoms with Crippen LogP contribution in [0, 0.1) is 5.92 Å². The molecule has 1 heterocycles. The third-order valence-electron chi connectivity index (χ3n) is 5.54. The number of nitrogens with zero attached hydrogens (tertiary/aromatic N) is 1. The summed E-state index contributed by atoms with van der Waals surface area (Å²) < 4.78 is 0. The third-order valence-corrected chi connectivity index (χ3v) is 5.54. The molecule has 0 bridgehead atoms. The highest BCUT2D eigenvalue weighted by molar-refractivity contribution is 5.97. The fourth-order valence-electron chi connectivity index (χ4n) is 3.62. The highest BCUT2D eigenvalue weighted by atomic mass is 16.2. The summed E-state index contributed by atoms with van der Waals surface area (Å²) in [6.07, 6.45) is 2.98. The number of benzene rings is 2. The Morgan fingerprint density at radius 3 is 2.29 bits per heavy atom.